The minimum Gasteiger partial charge on any atom is -0.508 e. The highest BCUT2D eigenvalue weighted by atomic mass is 16.6. The Morgan fingerprint density at radius 2 is 1.33 bits per heavy atom. The number of para-hydroxylation sites is 1. The van der Waals surface area contributed by atoms with Gasteiger partial charge in [0.2, 0.25) is 0 Å². The van der Waals surface area contributed by atoms with Crippen LogP contribution in [0.4, 0.5) is 0 Å². The van der Waals surface area contributed by atoms with Crippen LogP contribution in [-0.4, -0.2) is 17.1 Å². The number of rotatable bonds is 0. The van der Waals surface area contributed by atoms with Crippen LogP contribution in [0, 0.1) is 10.1 Å². The standard InChI is InChI=1S/C6H6O.2C2H6.CH3NO2/c7-6-4-2-1-3-5-6;2*1-2;1-2(3)4/h1-5,7H;2*1-2H3;1H3. The van der Waals surface area contributed by atoms with Gasteiger partial charge in [0.05, 0.1) is 0 Å². The number of nitro groups is 1. The fraction of sp³-hybridized carbons (Fsp3) is 0.455. The SMILES string of the molecule is CC.CC.C[N+](=O)[O-].Oc1ccccc1. The predicted molar refractivity (Wildman–Crippen MR) is 63.7 cm³/mol. The van der Waals surface area contributed by atoms with Crippen LogP contribution in [0.1, 0.15) is 27.7 Å². The molecule has 0 heterocycles. The minimum atomic E-state index is -0.500. The van der Waals surface area contributed by atoms with Crippen molar-refractivity contribution in [1.29, 1.82) is 0 Å². The van der Waals surface area contributed by atoms with Gasteiger partial charge in [0.1, 0.15) is 5.75 Å². The van der Waals surface area contributed by atoms with E-state index in [1.807, 2.05) is 33.8 Å². The summed E-state index contributed by atoms with van der Waals surface area (Å²) < 4.78 is 0. The van der Waals surface area contributed by atoms with Gasteiger partial charge in [-0.15, -0.1) is 0 Å². The second kappa shape index (κ2) is 18.3. The molecule has 0 amide bonds. The van der Waals surface area contributed by atoms with Crippen LogP contribution >= 0.6 is 0 Å². The van der Waals surface area contributed by atoms with Gasteiger partial charge >= 0.3 is 0 Å². The fourth-order valence-electron chi connectivity index (χ4n) is 0.428. The van der Waals surface area contributed by atoms with Crippen molar-refractivity contribution in [1.82, 2.24) is 0 Å². The molecule has 4 nitrogen and oxygen atoms in total. The number of hydrogen-bond acceptors (Lipinski definition) is 3. The van der Waals surface area contributed by atoms with Gasteiger partial charge in [0.25, 0.3) is 0 Å². The normalized spacial score (nSPS) is 6.47. The molecule has 15 heavy (non-hydrogen) atoms. The van der Waals surface area contributed by atoms with Crippen LogP contribution < -0.4 is 0 Å². The quantitative estimate of drug-likeness (QED) is 0.533. The first-order chi connectivity index (χ1) is 7.13. The third-order valence-electron chi connectivity index (χ3n) is 0.756. The Morgan fingerprint density at radius 1 is 1.07 bits per heavy atom. The Morgan fingerprint density at radius 3 is 1.47 bits per heavy atom. The van der Waals surface area contributed by atoms with Gasteiger partial charge in [0, 0.05) is 4.92 Å². The van der Waals surface area contributed by atoms with E-state index >= 15 is 0 Å². The molecule has 1 N–H and O–H groups in total. The molecule has 0 atom stereocenters. The van der Waals surface area contributed by atoms with Crippen molar-refractivity contribution in [3.63, 3.8) is 0 Å². The summed E-state index contributed by atoms with van der Waals surface area (Å²) in [4.78, 5) is 8.31. The summed E-state index contributed by atoms with van der Waals surface area (Å²) in [6.07, 6.45) is 0. The zero-order valence-corrected chi connectivity index (χ0v) is 10.1. The number of hydrogen-bond donors (Lipinski definition) is 1. The molecule has 1 aromatic rings. The van der Waals surface area contributed by atoms with Crippen LogP contribution in [-0.2, 0) is 0 Å². The highest BCUT2D eigenvalue weighted by molar-refractivity contribution is 5.18. The predicted octanol–water partition coefficient (Wildman–Crippen LogP) is 3.34. The van der Waals surface area contributed by atoms with Crippen molar-refractivity contribution in [3.05, 3.63) is 40.4 Å². The molecule has 0 bridgehead atoms. The molecule has 1 rings (SSSR count). The van der Waals surface area contributed by atoms with Gasteiger partial charge < -0.3 is 5.11 Å². The van der Waals surface area contributed by atoms with Gasteiger partial charge in [-0.3, -0.25) is 10.1 Å². The highest BCUT2D eigenvalue weighted by Gasteiger charge is 1.74. The van der Waals surface area contributed by atoms with Crippen LogP contribution in [0.5, 0.6) is 5.75 Å². The number of phenols is 1. The number of phenolic OH excluding ortho intramolecular Hbond substituents is 1. The number of aromatic hydroxyl groups is 1. The van der Waals surface area contributed by atoms with Crippen LogP contribution in [0.25, 0.3) is 0 Å². The summed E-state index contributed by atoms with van der Waals surface area (Å²) in [7, 11) is 0.889. The molecule has 0 spiro atoms. The van der Waals surface area contributed by atoms with E-state index in [4.69, 9.17) is 15.2 Å². The van der Waals surface area contributed by atoms with Crippen molar-refractivity contribution in [3.8, 4) is 5.75 Å². The van der Waals surface area contributed by atoms with Gasteiger partial charge in [0.15, 0.2) is 7.05 Å². The monoisotopic (exact) mass is 215 g/mol. The molecule has 0 unspecified atom stereocenters. The lowest BCUT2D eigenvalue weighted by molar-refractivity contribution is -0.445. The first kappa shape index (κ1) is 19.1. The lowest BCUT2D eigenvalue weighted by Crippen LogP contribution is -1.79. The molecule has 0 aliphatic carbocycles. The fourth-order valence-corrected chi connectivity index (χ4v) is 0.428. The molecule has 0 fully saturated rings. The summed E-state index contributed by atoms with van der Waals surface area (Å²) in [6.45, 7) is 8.00. The van der Waals surface area contributed by atoms with Gasteiger partial charge in [-0.05, 0) is 12.1 Å². The molecular weight excluding hydrogens is 194 g/mol. The van der Waals surface area contributed by atoms with Crippen molar-refractivity contribution >= 4 is 0 Å². The molecule has 0 radical (unpaired) electrons. The summed E-state index contributed by atoms with van der Waals surface area (Å²) in [5.41, 5.74) is 0. The molecule has 1 aromatic carbocycles. The summed E-state index contributed by atoms with van der Waals surface area (Å²) in [6, 6.07) is 8.71. The topological polar surface area (TPSA) is 63.4 Å². The van der Waals surface area contributed by atoms with E-state index in [1.54, 1.807) is 24.3 Å². The summed E-state index contributed by atoms with van der Waals surface area (Å²) in [5.74, 6) is 0.322. The maximum absolute atomic E-state index is 8.81. The molecule has 0 aliphatic rings. The Labute approximate surface area is 91.7 Å². The first-order valence-electron chi connectivity index (χ1n) is 4.95. The van der Waals surface area contributed by atoms with E-state index in [9.17, 15) is 0 Å². The van der Waals surface area contributed by atoms with Crippen molar-refractivity contribution in [2.24, 2.45) is 0 Å². The van der Waals surface area contributed by atoms with Crippen LogP contribution in [0.3, 0.4) is 0 Å². The Balaban J connectivity index is -0.000000156. The molecule has 0 aromatic heterocycles. The van der Waals surface area contributed by atoms with Crippen LogP contribution in [0.15, 0.2) is 30.3 Å². The molecule has 4 heteroatoms. The van der Waals surface area contributed by atoms with E-state index in [0.29, 0.717) is 5.75 Å². The van der Waals surface area contributed by atoms with E-state index in [-0.39, 0.29) is 0 Å². The van der Waals surface area contributed by atoms with Gasteiger partial charge in [-0.2, -0.15) is 0 Å². The van der Waals surface area contributed by atoms with Gasteiger partial charge in [-0.25, -0.2) is 0 Å². The Kier molecular flexibility index (Phi) is 23.2. The Bertz CT molecular complexity index is 208. The smallest absolute Gasteiger partial charge is 0.194 e. The second-order valence-corrected chi connectivity index (χ2v) is 1.78. The Hall–Kier alpha value is -1.58. The zero-order valence-electron chi connectivity index (χ0n) is 10.1. The van der Waals surface area contributed by atoms with Crippen molar-refractivity contribution in [2.45, 2.75) is 27.7 Å². The number of nitrogens with zero attached hydrogens (tertiary/aromatic N) is 1. The molecule has 0 saturated carbocycles. The largest absolute Gasteiger partial charge is 0.508 e. The zero-order chi connectivity index (χ0) is 12.7. The average molecular weight is 215 g/mol. The lowest BCUT2D eigenvalue weighted by atomic mass is 10.3. The van der Waals surface area contributed by atoms with Crippen LogP contribution in [0.2, 0.25) is 0 Å². The molecule has 88 valence electrons. The van der Waals surface area contributed by atoms with E-state index in [2.05, 4.69) is 0 Å². The third-order valence-corrected chi connectivity index (χ3v) is 0.756. The maximum atomic E-state index is 8.81. The van der Waals surface area contributed by atoms with Crippen molar-refractivity contribution in [2.75, 3.05) is 7.05 Å². The minimum absolute atomic E-state index is 0.322. The summed E-state index contributed by atoms with van der Waals surface area (Å²) in [5, 5.41) is 17.4. The third kappa shape index (κ3) is 32.7. The molecule has 0 aliphatic heterocycles. The first-order valence-corrected chi connectivity index (χ1v) is 4.95. The molecular formula is C11H21NO3. The lowest BCUT2D eigenvalue weighted by Gasteiger charge is -1.82. The van der Waals surface area contributed by atoms with E-state index in [0.717, 1.165) is 7.05 Å². The van der Waals surface area contributed by atoms with Gasteiger partial charge in [-0.1, -0.05) is 45.9 Å². The highest BCUT2D eigenvalue weighted by Crippen LogP contribution is 2.02. The average Bonchev–Trinajstić information content (AvgIpc) is 2.24. The number of benzene rings is 1. The summed E-state index contributed by atoms with van der Waals surface area (Å²) >= 11 is 0. The van der Waals surface area contributed by atoms with E-state index < -0.39 is 4.92 Å². The second-order valence-electron chi connectivity index (χ2n) is 1.78. The van der Waals surface area contributed by atoms with Crippen molar-refractivity contribution < 1.29 is 10.0 Å². The molecule has 0 saturated heterocycles. The van der Waals surface area contributed by atoms with E-state index in [1.165, 1.54) is 0 Å². The maximum Gasteiger partial charge on any atom is 0.194 e.